The predicted molar refractivity (Wildman–Crippen MR) is 111 cm³/mol. The van der Waals surface area contributed by atoms with Crippen LogP contribution in [0.1, 0.15) is 6.92 Å². The number of thioether (sulfide) groups is 2. The third kappa shape index (κ3) is 4.83. The number of carbonyl (C=O) groups excluding carboxylic acids is 1. The highest BCUT2D eigenvalue weighted by atomic mass is 32.2. The van der Waals surface area contributed by atoms with Crippen LogP contribution in [-0.2, 0) is 4.79 Å². The van der Waals surface area contributed by atoms with E-state index in [1.165, 1.54) is 11.3 Å². The van der Waals surface area contributed by atoms with Gasteiger partial charge in [-0.1, -0.05) is 41.8 Å². The maximum Gasteiger partial charge on any atom is 0.236 e. The van der Waals surface area contributed by atoms with Crippen LogP contribution in [-0.4, -0.2) is 42.8 Å². The lowest BCUT2D eigenvalue weighted by Crippen LogP contribution is -2.14. The molecule has 148 valence electrons. The van der Waals surface area contributed by atoms with E-state index in [2.05, 4.69) is 30.7 Å². The summed E-state index contributed by atoms with van der Waals surface area (Å²) in [5.41, 5.74) is 0.960. The number of nitrogens with one attached hydrogen (secondary N) is 1. The molecule has 9 nitrogen and oxygen atoms in total. The van der Waals surface area contributed by atoms with E-state index >= 15 is 0 Å². The molecule has 1 amide bonds. The molecule has 4 aromatic heterocycles. The smallest absolute Gasteiger partial charge is 0.236 e. The lowest BCUT2D eigenvalue weighted by atomic mass is 10.2. The zero-order valence-corrected chi connectivity index (χ0v) is 17.5. The Morgan fingerprint density at radius 3 is 2.48 bits per heavy atom. The van der Waals surface area contributed by atoms with Gasteiger partial charge in [-0.3, -0.25) is 10.1 Å². The van der Waals surface area contributed by atoms with Crippen LogP contribution >= 0.6 is 34.9 Å². The molecule has 0 aliphatic rings. The second kappa shape index (κ2) is 9.20. The highest BCUT2D eigenvalue weighted by molar-refractivity contribution is 8.01. The summed E-state index contributed by atoms with van der Waals surface area (Å²) in [6.07, 6.45) is 3.10. The average Bonchev–Trinajstić information content (AvgIpc) is 3.49. The van der Waals surface area contributed by atoms with Gasteiger partial charge in [-0.2, -0.15) is 0 Å². The number of aromatic nitrogens is 5. The fourth-order valence-corrected chi connectivity index (χ4v) is 4.52. The van der Waals surface area contributed by atoms with Gasteiger partial charge in [0.15, 0.2) is 21.6 Å². The van der Waals surface area contributed by atoms with Crippen molar-refractivity contribution in [3.63, 3.8) is 0 Å². The van der Waals surface area contributed by atoms with Crippen molar-refractivity contribution >= 4 is 45.9 Å². The molecule has 0 aliphatic heterocycles. The highest BCUT2D eigenvalue weighted by Gasteiger charge is 2.18. The molecule has 0 bridgehead atoms. The first-order chi connectivity index (χ1) is 14.2. The number of nitrogens with zero attached hydrogens (tertiary/aromatic N) is 5. The molecule has 4 rings (SSSR count). The van der Waals surface area contributed by atoms with Crippen molar-refractivity contribution in [1.82, 2.24) is 25.4 Å². The second-order valence-electron chi connectivity index (χ2n) is 5.39. The van der Waals surface area contributed by atoms with Crippen LogP contribution in [0, 0.1) is 0 Å². The second-order valence-corrected chi connectivity index (χ2v) is 8.82. The monoisotopic (exact) mass is 446 g/mol. The van der Waals surface area contributed by atoms with Gasteiger partial charge in [-0.05, 0) is 30.0 Å². The van der Waals surface area contributed by atoms with Crippen LogP contribution in [0.25, 0.3) is 22.9 Å². The van der Waals surface area contributed by atoms with Crippen LogP contribution in [0.5, 0.6) is 0 Å². The number of carbonyl (C=O) groups is 1. The predicted octanol–water partition coefficient (Wildman–Crippen LogP) is 4.09. The van der Waals surface area contributed by atoms with Crippen LogP contribution in [0.15, 0.2) is 55.1 Å². The Hall–Kier alpha value is -2.70. The quantitative estimate of drug-likeness (QED) is 0.313. The van der Waals surface area contributed by atoms with E-state index in [4.69, 9.17) is 8.83 Å². The van der Waals surface area contributed by atoms with E-state index in [1.807, 2.05) is 6.92 Å². The Labute approximate surface area is 177 Å². The third-order valence-corrected chi connectivity index (χ3v) is 6.12. The van der Waals surface area contributed by atoms with Crippen molar-refractivity contribution in [2.24, 2.45) is 0 Å². The summed E-state index contributed by atoms with van der Waals surface area (Å²) in [7, 11) is 0. The Kier molecular flexibility index (Phi) is 6.22. The summed E-state index contributed by atoms with van der Waals surface area (Å²) in [5.74, 6) is 1.84. The molecule has 1 N–H and O–H groups in total. The normalized spacial score (nSPS) is 10.9. The Morgan fingerprint density at radius 2 is 1.79 bits per heavy atom. The van der Waals surface area contributed by atoms with E-state index in [9.17, 15) is 4.79 Å². The molecule has 29 heavy (non-hydrogen) atoms. The molecule has 0 atom stereocenters. The Morgan fingerprint density at radius 1 is 1.03 bits per heavy atom. The summed E-state index contributed by atoms with van der Waals surface area (Å²) in [4.78, 5) is 16.7. The SMILES string of the molecule is CCSc1nnc(NC(=O)CSc2nnc(-c3ccco3)c(-c3ccco3)n2)s1. The zero-order chi connectivity index (χ0) is 20.1. The molecule has 4 heterocycles. The standard InChI is InChI=1S/C17H14N6O3S3/c1-2-27-17-23-22-16(29-17)18-12(24)9-28-15-19-13(10-5-3-7-25-10)14(20-21-15)11-6-4-8-26-11/h3-8H,2,9H2,1H3,(H,18,22,24). The fourth-order valence-electron chi connectivity index (χ4n) is 2.26. The lowest BCUT2D eigenvalue weighted by Gasteiger charge is -2.05. The minimum Gasteiger partial charge on any atom is -0.463 e. The van der Waals surface area contributed by atoms with E-state index in [0.717, 1.165) is 21.9 Å². The van der Waals surface area contributed by atoms with Crippen molar-refractivity contribution in [2.75, 3.05) is 16.8 Å². The molecular formula is C17H14N6O3S3. The molecule has 0 radical (unpaired) electrons. The van der Waals surface area contributed by atoms with Crippen molar-refractivity contribution < 1.29 is 13.6 Å². The summed E-state index contributed by atoms with van der Waals surface area (Å²) in [6, 6.07) is 7.06. The molecule has 0 spiro atoms. The molecule has 0 unspecified atom stereocenters. The highest BCUT2D eigenvalue weighted by Crippen LogP contribution is 2.30. The number of hydrogen-bond acceptors (Lipinski definition) is 11. The topological polar surface area (TPSA) is 120 Å². The first-order valence-electron chi connectivity index (χ1n) is 8.44. The molecule has 12 heteroatoms. The first kappa shape index (κ1) is 19.6. The number of anilines is 1. The van der Waals surface area contributed by atoms with Crippen molar-refractivity contribution in [1.29, 1.82) is 0 Å². The molecule has 0 saturated carbocycles. The van der Waals surface area contributed by atoms with Gasteiger partial charge < -0.3 is 8.83 Å². The molecule has 0 fully saturated rings. The Bertz CT molecular complexity index is 1080. The average molecular weight is 447 g/mol. The van der Waals surface area contributed by atoms with E-state index in [1.54, 1.807) is 48.6 Å². The van der Waals surface area contributed by atoms with Gasteiger partial charge in [0.2, 0.25) is 16.2 Å². The van der Waals surface area contributed by atoms with E-state index in [0.29, 0.717) is 33.2 Å². The van der Waals surface area contributed by atoms with Gasteiger partial charge in [0.05, 0.1) is 18.3 Å². The van der Waals surface area contributed by atoms with Crippen LogP contribution in [0.2, 0.25) is 0 Å². The van der Waals surface area contributed by atoms with Crippen LogP contribution < -0.4 is 5.32 Å². The van der Waals surface area contributed by atoms with Gasteiger partial charge in [0.25, 0.3) is 0 Å². The van der Waals surface area contributed by atoms with Gasteiger partial charge >= 0.3 is 0 Å². The van der Waals surface area contributed by atoms with E-state index < -0.39 is 0 Å². The maximum absolute atomic E-state index is 12.2. The third-order valence-electron chi connectivity index (χ3n) is 3.43. The number of furan rings is 2. The molecular weight excluding hydrogens is 432 g/mol. The largest absolute Gasteiger partial charge is 0.463 e. The van der Waals surface area contributed by atoms with Gasteiger partial charge in [0.1, 0.15) is 5.69 Å². The van der Waals surface area contributed by atoms with E-state index in [-0.39, 0.29) is 11.7 Å². The summed E-state index contributed by atoms with van der Waals surface area (Å²) in [5, 5.41) is 19.8. The van der Waals surface area contributed by atoms with Gasteiger partial charge in [-0.15, -0.1) is 20.4 Å². The van der Waals surface area contributed by atoms with Crippen molar-refractivity contribution in [3.8, 4) is 22.9 Å². The minimum atomic E-state index is -0.225. The van der Waals surface area contributed by atoms with Crippen LogP contribution in [0.3, 0.4) is 0 Å². The number of amides is 1. The van der Waals surface area contributed by atoms with Crippen molar-refractivity contribution in [2.45, 2.75) is 16.4 Å². The molecule has 0 aliphatic carbocycles. The summed E-state index contributed by atoms with van der Waals surface area (Å²) < 4.78 is 11.7. The number of rotatable bonds is 8. The molecule has 0 saturated heterocycles. The van der Waals surface area contributed by atoms with Crippen LogP contribution in [0.4, 0.5) is 5.13 Å². The lowest BCUT2D eigenvalue weighted by molar-refractivity contribution is -0.113. The van der Waals surface area contributed by atoms with Gasteiger partial charge in [0, 0.05) is 0 Å². The minimum absolute atomic E-state index is 0.106. The first-order valence-corrected chi connectivity index (χ1v) is 11.2. The zero-order valence-electron chi connectivity index (χ0n) is 15.1. The molecule has 4 aromatic rings. The number of hydrogen-bond donors (Lipinski definition) is 1. The maximum atomic E-state index is 12.2. The summed E-state index contributed by atoms with van der Waals surface area (Å²) >= 11 is 4.08. The summed E-state index contributed by atoms with van der Waals surface area (Å²) in [6.45, 7) is 2.03. The van der Waals surface area contributed by atoms with Crippen molar-refractivity contribution in [3.05, 3.63) is 36.8 Å². The molecule has 0 aromatic carbocycles. The van der Waals surface area contributed by atoms with Gasteiger partial charge in [-0.25, -0.2) is 4.98 Å². The Balaban J connectivity index is 1.46. The fraction of sp³-hybridized carbons (Fsp3) is 0.176.